The summed E-state index contributed by atoms with van der Waals surface area (Å²) in [6, 6.07) is 76.4. The van der Waals surface area contributed by atoms with E-state index in [0.29, 0.717) is 0 Å². The van der Waals surface area contributed by atoms with Gasteiger partial charge < -0.3 is 13.9 Å². The maximum atomic E-state index is 7.05. The quantitative estimate of drug-likeness (QED) is 0.176. The molecule has 7 nitrogen and oxygen atoms in total. The molecule has 1 spiro atoms. The van der Waals surface area contributed by atoms with Crippen molar-refractivity contribution >= 4 is 65.4 Å². The van der Waals surface area contributed by atoms with E-state index in [2.05, 4.69) is 220 Å². The monoisotopic (exact) mass is 906 g/mol. The van der Waals surface area contributed by atoms with Gasteiger partial charge in [0.05, 0.1) is 55.6 Å². The molecule has 0 saturated carbocycles. The highest BCUT2D eigenvalue weighted by molar-refractivity contribution is 6.12. The van der Waals surface area contributed by atoms with Gasteiger partial charge in [-0.15, -0.1) is 0 Å². The van der Waals surface area contributed by atoms with E-state index in [1.807, 2.05) is 24.7 Å². The molecule has 0 saturated heterocycles. The van der Waals surface area contributed by atoms with Crippen LogP contribution in [-0.4, -0.2) is 28.7 Å². The van der Waals surface area contributed by atoms with Gasteiger partial charge in [-0.1, -0.05) is 115 Å². The minimum Gasteiger partial charge on any atom is -0.457 e. The number of fused-ring (bicyclic) bond motifs is 18. The van der Waals surface area contributed by atoms with Crippen LogP contribution in [0.3, 0.4) is 0 Å². The molecule has 0 radical (unpaired) electrons. The third kappa shape index (κ3) is 5.08. The molecule has 8 aromatic carbocycles. The summed E-state index contributed by atoms with van der Waals surface area (Å²) in [5.74, 6) is 2.48. The second-order valence-corrected chi connectivity index (χ2v) is 18.7. The molecule has 0 unspecified atom stereocenters. The molecule has 7 heteroatoms. The summed E-state index contributed by atoms with van der Waals surface area (Å²) in [5.41, 5.74) is 16.3. The number of rotatable bonds is 4. The second kappa shape index (κ2) is 14.2. The first-order valence-corrected chi connectivity index (χ1v) is 24.1. The molecule has 71 heavy (non-hydrogen) atoms. The van der Waals surface area contributed by atoms with Crippen molar-refractivity contribution in [2.45, 2.75) is 5.41 Å². The molecule has 16 rings (SSSR count). The SMILES string of the molecule is c1cnc(-n2c3ccccc3c3cc(-c4ccc5c(c4)C4(c6cc(-n7c8ccccc8c8ccccc87)ccc6O5)c5cccnc5-c5ncccc54)ccc32)c(-n2c3ccccc3c3ccccc32)c1. The average Bonchev–Trinajstić information content (AvgIpc) is 4.15. The highest BCUT2D eigenvalue weighted by atomic mass is 16.5. The third-order valence-electron chi connectivity index (χ3n) is 15.3. The Balaban J connectivity index is 0.913. The van der Waals surface area contributed by atoms with E-state index in [0.717, 1.165) is 117 Å². The first kappa shape index (κ1) is 38.4. The topological polar surface area (TPSA) is 62.7 Å². The molecule has 1 aliphatic heterocycles. The average molecular weight is 907 g/mol. The molecule has 0 amide bonds. The summed E-state index contributed by atoms with van der Waals surface area (Å²) in [4.78, 5) is 15.3. The van der Waals surface area contributed by atoms with Crippen molar-refractivity contribution in [1.82, 2.24) is 28.7 Å². The Hall–Kier alpha value is -9.59. The van der Waals surface area contributed by atoms with Crippen molar-refractivity contribution < 1.29 is 4.74 Å². The van der Waals surface area contributed by atoms with E-state index in [-0.39, 0.29) is 0 Å². The lowest BCUT2D eigenvalue weighted by molar-refractivity contribution is 0.436. The van der Waals surface area contributed by atoms with E-state index >= 15 is 0 Å². The fraction of sp³-hybridized carbons (Fsp3) is 0.0156. The maximum absolute atomic E-state index is 7.05. The van der Waals surface area contributed by atoms with Gasteiger partial charge in [0.15, 0.2) is 5.82 Å². The Morgan fingerprint density at radius 2 is 0.775 bits per heavy atom. The summed E-state index contributed by atoms with van der Waals surface area (Å²) in [7, 11) is 0. The van der Waals surface area contributed by atoms with Crippen LogP contribution in [0.25, 0.3) is 105 Å². The van der Waals surface area contributed by atoms with Gasteiger partial charge in [0, 0.05) is 67.7 Å². The number of pyridine rings is 3. The molecule has 2 aliphatic rings. The predicted molar refractivity (Wildman–Crippen MR) is 286 cm³/mol. The summed E-state index contributed by atoms with van der Waals surface area (Å²) in [5, 5.41) is 7.16. The fourth-order valence-corrected chi connectivity index (χ4v) is 12.4. The predicted octanol–water partition coefficient (Wildman–Crippen LogP) is 15.3. The lowest BCUT2D eigenvalue weighted by atomic mass is 9.66. The third-order valence-corrected chi connectivity index (χ3v) is 15.3. The van der Waals surface area contributed by atoms with Gasteiger partial charge in [-0.25, -0.2) is 4.98 Å². The fourth-order valence-electron chi connectivity index (χ4n) is 12.4. The van der Waals surface area contributed by atoms with Crippen molar-refractivity contribution in [3.05, 3.63) is 253 Å². The minimum absolute atomic E-state index is 0.788. The first-order chi connectivity index (χ1) is 35.2. The van der Waals surface area contributed by atoms with E-state index in [1.165, 1.54) is 21.5 Å². The molecular formula is C64H38N6O. The number of aromatic nitrogens is 6. The second-order valence-electron chi connectivity index (χ2n) is 18.7. The van der Waals surface area contributed by atoms with Crippen LogP contribution in [0.5, 0.6) is 11.5 Å². The smallest absolute Gasteiger partial charge is 0.162 e. The van der Waals surface area contributed by atoms with E-state index in [4.69, 9.17) is 19.7 Å². The van der Waals surface area contributed by atoms with Crippen LogP contribution in [0.4, 0.5) is 0 Å². The van der Waals surface area contributed by atoms with Gasteiger partial charge in [0.1, 0.15) is 11.5 Å². The number of hydrogen-bond acceptors (Lipinski definition) is 4. The summed E-state index contributed by atoms with van der Waals surface area (Å²) >= 11 is 0. The summed E-state index contributed by atoms with van der Waals surface area (Å²) in [6.45, 7) is 0. The molecule has 0 atom stereocenters. The Kier molecular flexibility index (Phi) is 7.69. The zero-order valence-electron chi connectivity index (χ0n) is 38.0. The number of benzene rings is 8. The molecule has 0 bridgehead atoms. The molecule has 6 aromatic heterocycles. The Labute approximate surface area is 406 Å². The maximum Gasteiger partial charge on any atom is 0.162 e. The number of para-hydroxylation sites is 5. The molecule has 0 fully saturated rings. The van der Waals surface area contributed by atoms with Gasteiger partial charge in [-0.3, -0.25) is 14.5 Å². The van der Waals surface area contributed by atoms with Crippen molar-refractivity contribution in [2.75, 3.05) is 0 Å². The van der Waals surface area contributed by atoms with Crippen molar-refractivity contribution in [3.63, 3.8) is 0 Å². The van der Waals surface area contributed by atoms with E-state index in [9.17, 15) is 0 Å². The van der Waals surface area contributed by atoms with Crippen LogP contribution < -0.4 is 4.74 Å². The van der Waals surface area contributed by atoms with Crippen LogP contribution >= 0.6 is 0 Å². The van der Waals surface area contributed by atoms with Crippen molar-refractivity contribution in [2.24, 2.45) is 0 Å². The van der Waals surface area contributed by atoms with Crippen LogP contribution in [0.15, 0.2) is 231 Å². The highest BCUT2D eigenvalue weighted by Crippen LogP contribution is 2.62. The van der Waals surface area contributed by atoms with E-state index < -0.39 is 5.41 Å². The van der Waals surface area contributed by atoms with Crippen LogP contribution in [0, 0.1) is 0 Å². The minimum atomic E-state index is -0.788. The Morgan fingerprint density at radius 3 is 1.38 bits per heavy atom. The number of hydrogen-bond donors (Lipinski definition) is 0. The van der Waals surface area contributed by atoms with Crippen LogP contribution in [-0.2, 0) is 5.41 Å². The van der Waals surface area contributed by atoms with Gasteiger partial charge in [0.25, 0.3) is 0 Å². The van der Waals surface area contributed by atoms with Gasteiger partial charge in [-0.2, -0.15) is 0 Å². The number of ether oxygens (including phenoxy) is 1. The van der Waals surface area contributed by atoms with Crippen LogP contribution in [0.2, 0.25) is 0 Å². The van der Waals surface area contributed by atoms with E-state index in [1.54, 1.807) is 0 Å². The summed E-state index contributed by atoms with van der Waals surface area (Å²) in [6.07, 6.45) is 5.66. The molecule has 7 heterocycles. The largest absolute Gasteiger partial charge is 0.457 e. The molecule has 0 N–H and O–H groups in total. The van der Waals surface area contributed by atoms with Gasteiger partial charge >= 0.3 is 0 Å². The van der Waals surface area contributed by atoms with Crippen molar-refractivity contribution in [3.8, 4) is 51.2 Å². The zero-order chi connectivity index (χ0) is 46.4. The lowest BCUT2D eigenvalue weighted by Crippen LogP contribution is -2.32. The van der Waals surface area contributed by atoms with Crippen LogP contribution in [0.1, 0.15) is 22.3 Å². The number of nitrogens with zero attached hydrogens (tertiary/aromatic N) is 6. The lowest BCUT2D eigenvalue weighted by Gasteiger charge is -2.39. The zero-order valence-corrected chi connectivity index (χ0v) is 38.0. The Bertz CT molecular complexity index is 4440. The first-order valence-electron chi connectivity index (χ1n) is 24.1. The highest BCUT2D eigenvalue weighted by Gasteiger charge is 2.52. The van der Waals surface area contributed by atoms with Crippen molar-refractivity contribution in [1.29, 1.82) is 0 Å². The molecule has 1 aliphatic carbocycles. The van der Waals surface area contributed by atoms with Gasteiger partial charge in [-0.05, 0) is 119 Å². The Morgan fingerprint density at radius 1 is 0.324 bits per heavy atom. The molecule has 14 aromatic rings. The summed E-state index contributed by atoms with van der Waals surface area (Å²) < 4.78 is 14.1. The molecular weight excluding hydrogens is 869 g/mol. The standard InChI is InChI=1S/C64H38N6O/c1-6-21-52-42(14-1)43-15-2-7-22-53(43)68(52)41-29-32-60-51(38-41)64(48-19-11-33-65-61(48)62-49(64)20-12-34-66-62)50-37-40(28-31-59(50)71-60)39-27-30-57-47(36-39)46-18-5-10-25-56(46)70(57)63-58(26-13-35-67-63)69-54-23-8-3-16-44(54)45-17-4-9-24-55(45)69/h1-38H. The van der Waals surface area contributed by atoms with Gasteiger partial charge in [0.2, 0.25) is 0 Å². The molecule has 330 valence electrons. The normalized spacial score (nSPS) is 13.3.